The van der Waals surface area contributed by atoms with Crippen LogP contribution in [0.4, 0.5) is 0 Å². The maximum absolute atomic E-state index is 12.7. The molecule has 1 aliphatic rings. The van der Waals surface area contributed by atoms with E-state index in [0.29, 0.717) is 5.56 Å². The topological polar surface area (TPSA) is 117 Å². The summed E-state index contributed by atoms with van der Waals surface area (Å²) in [5.74, 6) is -1.37. The fraction of sp³-hybridized carbons (Fsp3) is 0.174. The Morgan fingerprint density at radius 1 is 1.29 bits per heavy atom. The first-order valence-electron chi connectivity index (χ1n) is 9.43. The number of fused-ring (bicyclic) bond motifs is 1. The van der Waals surface area contributed by atoms with Gasteiger partial charge in [-0.05, 0) is 23.8 Å². The van der Waals surface area contributed by atoms with Crippen LogP contribution in [0.15, 0.2) is 78.0 Å². The normalized spacial score (nSPS) is 22.3. The molecule has 0 saturated heterocycles. The van der Waals surface area contributed by atoms with Gasteiger partial charge in [0, 0.05) is 12.6 Å². The Balaban J connectivity index is 2.13. The molecule has 31 heavy (non-hydrogen) atoms. The summed E-state index contributed by atoms with van der Waals surface area (Å²) >= 11 is 0. The molecule has 0 unspecified atom stereocenters. The molecule has 0 radical (unpaired) electrons. The molecule has 1 amide bonds. The van der Waals surface area contributed by atoms with Crippen molar-refractivity contribution in [2.24, 2.45) is 5.16 Å². The number of aliphatic hydroxyl groups is 1. The van der Waals surface area contributed by atoms with Crippen LogP contribution >= 0.6 is 0 Å². The standard InChI is InChI=1S/C23H24N2O6/c1-30-25-16-8-14-21(28)24-15-7-13-20-18(26)11-5-3-2-4-9-17-10-6-12-19(27)22(17)23(29)31-20/h2-14,16,18,20,26-27H,15H2,1H3,(H,24,28)/b3-2-,9-4+,11-5-,13-7+,14-8-,25-16+/t18-,20-/m0/s1. The first kappa shape index (κ1) is 23.4. The summed E-state index contributed by atoms with van der Waals surface area (Å²) in [6, 6.07) is 4.67. The van der Waals surface area contributed by atoms with Gasteiger partial charge in [-0.25, -0.2) is 4.79 Å². The van der Waals surface area contributed by atoms with Crippen LogP contribution in [0.5, 0.6) is 5.75 Å². The highest BCUT2D eigenvalue weighted by atomic mass is 16.6. The fourth-order valence-electron chi connectivity index (χ4n) is 2.55. The van der Waals surface area contributed by atoms with Gasteiger partial charge in [-0.2, -0.15) is 0 Å². The smallest absolute Gasteiger partial charge is 0.343 e. The lowest BCUT2D eigenvalue weighted by molar-refractivity contribution is -0.116. The number of benzene rings is 1. The van der Waals surface area contributed by atoms with E-state index in [-0.39, 0.29) is 23.8 Å². The molecule has 0 saturated carbocycles. The molecule has 8 heteroatoms. The number of nitrogens with one attached hydrogen (secondary N) is 1. The zero-order valence-electron chi connectivity index (χ0n) is 16.9. The second-order valence-corrected chi connectivity index (χ2v) is 6.20. The molecule has 2 atom stereocenters. The van der Waals surface area contributed by atoms with Crippen molar-refractivity contribution < 1.29 is 29.4 Å². The van der Waals surface area contributed by atoms with E-state index in [1.54, 1.807) is 48.6 Å². The number of hydrogen-bond donors (Lipinski definition) is 3. The van der Waals surface area contributed by atoms with Crippen LogP contribution in [-0.2, 0) is 14.4 Å². The highest BCUT2D eigenvalue weighted by molar-refractivity contribution is 5.96. The Bertz CT molecular complexity index is 943. The van der Waals surface area contributed by atoms with Crippen molar-refractivity contribution >= 4 is 24.2 Å². The van der Waals surface area contributed by atoms with Crippen LogP contribution < -0.4 is 5.32 Å². The number of ether oxygens (including phenoxy) is 1. The second-order valence-electron chi connectivity index (χ2n) is 6.20. The molecular formula is C23H24N2O6. The number of oxime groups is 1. The lowest BCUT2D eigenvalue weighted by atomic mass is 10.0. The maximum atomic E-state index is 12.7. The number of carbonyl (C=O) groups is 2. The minimum atomic E-state index is -1.14. The molecule has 2 rings (SSSR count). The lowest BCUT2D eigenvalue weighted by Crippen LogP contribution is -2.29. The third kappa shape index (κ3) is 7.79. The third-order valence-corrected chi connectivity index (χ3v) is 4.00. The van der Waals surface area contributed by atoms with Crippen molar-refractivity contribution in [2.75, 3.05) is 13.7 Å². The molecular weight excluding hydrogens is 400 g/mol. The van der Waals surface area contributed by atoms with Gasteiger partial charge in [-0.15, -0.1) is 0 Å². The van der Waals surface area contributed by atoms with Gasteiger partial charge >= 0.3 is 5.97 Å². The van der Waals surface area contributed by atoms with Crippen molar-refractivity contribution in [1.29, 1.82) is 0 Å². The van der Waals surface area contributed by atoms with Gasteiger partial charge in [0.2, 0.25) is 5.91 Å². The van der Waals surface area contributed by atoms with Crippen molar-refractivity contribution in [3.63, 3.8) is 0 Å². The van der Waals surface area contributed by atoms with Crippen LogP contribution in [0.1, 0.15) is 15.9 Å². The van der Waals surface area contributed by atoms with Crippen LogP contribution in [0.2, 0.25) is 0 Å². The molecule has 1 aromatic carbocycles. The molecule has 162 valence electrons. The minimum absolute atomic E-state index is 0.00142. The highest BCUT2D eigenvalue weighted by Crippen LogP contribution is 2.24. The average molecular weight is 424 g/mol. The largest absolute Gasteiger partial charge is 0.507 e. The Morgan fingerprint density at radius 2 is 2.10 bits per heavy atom. The van der Waals surface area contributed by atoms with E-state index < -0.39 is 18.2 Å². The first-order valence-corrected chi connectivity index (χ1v) is 9.43. The van der Waals surface area contributed by atoms with E-state index in [2.05, 4.69) is 15.3 Å². The number of amides is 1. The van der Waals surface area contributed by atoms with Crippen molar-refractivity contribution in [2.45, 2.75) is 12.2 Å². The van der Waals surface area contributed by atoms with Gasteiger partial charge in [0.25, 0.3) is 0 Å². The minimum Gasteiger partial charge on any atom is -0.507 e. The van der Waals surface area contributed by atoms with Gasteiger partial charge in [0.15, 0.2) is 0 Å². The zero-order valence-corrected chi connectivity index (χ0v) is 16.9. The first-order chi connectivity index (χ1) is 15.0. The molecule has 0 fully saturated rings. The van der Waals surface area contributed by atoms with Crippen molar-refractivity contribution in [1.82, 2.24) is 5.32 Å². The lowest BCUT2D eigenvalue weighted by Gasteiger charge is -2.19. The fourth-order valence-corrected chi connectivity index (χ4v) is 2.55. The van der Waals surface area contributed by atoms with Crippen LogP contribution in [0.3, 0.4) is 0 Å². The van der Waals surface area contributed by atoms with Gasteiger partial charge in [-0.1, -0.05) is 59.8 Å². The molecule has 0 bridgehead atoms. The Labute approximate surface area is 180 Å². The number of phenols is 1. The van der Waals surface area contributed by atoms with Crippen LogP contribution in [0.25, 0.3) is 6.08 Å². The number of hydrogen-bond acceptors (Lipinski definition) is 7. The van der Waals surface area contributed by atoms with E-state index in [9.17, 15) is 19.8 Å². The number of cyclic esters (lactones) is 1. The molecule has 0 aliphatic carbocycles. The van der Waals surface area contributed by atoms with Crippen molar-refractivity contribution in [3.8, 4) is 5.75 Å². The third-order valence-electron chi connectivity index (χ3n) is 4.00. The van der Waals surface area contributed by atoms with E-state index in [1.165, 1.54) is 43.7 Å². The second kappa shape index (κ2) is 12.6. The Hall–Kier alpha value is -3.91. The number of aromatic hydroxyl groups is 1. The quantitative estimate of drug-likeness (QED) is 0.212. The van der Waals surface area contributed by atoms with E-state index in [4.69, 9.17) is 4.74 Å². The monoisotopic (exact) mass is 424 g/mol. The number of esters is 1. The van der Waals surface area contributed by atoms with Crippen molar-refractivity contribution in [3.05, 3.63) is 84.0 Å². The predicted octanol–water partition coefficient (Wildman–Crippen LogP) is 2.28. The molecule has 1 heterocycles. The summed E-state index contributed by atoms with van der Waals surface area (Å²) in [4.78, 5) is 28.9. The molecule has 8 nitrogen and oxygen atoms in total. The molecule has 1 aliphatic heterocycles. The SMILES string of the molecule is CO/N=C/C=C\C(=O)NC/C=C/[C@@H]1OC(=O)c2c(O)cccc2/C=C/C=C\C=C/[C@@H]1O. The summed E-state index contributed by atoms with van der Waals surface area (Å²) in [6.45, 7) is 0.138. The average Bonchev–Trinajstić information content (AvgIpc) is 2.74. The van der Waals surface area contributed by atoms with Crippen LogP contribution in [-0.4, -0.2) is 54.2 Å². The van der Waals surface area contributed by atoms with E-state index >= 15 is 0 Å². The summed E-state index contributed by atoms with van der Waals surface area (Å²) < 4.78 is 5.44. The van der Waals surface area contributed by atoms with Gasteiger partial charge < -0.3 is 25.1 Å². The number of aliphatic hydroxyl groups excluding tert-OH is 1. The molecule has 3 N–H and O–H groups in total. The summed E-state index contributed by atoms with van der Waals surface area (Å²) in [5.41, 5.74) is 0.478. The van der Waals surface area contributed by atoms with E-state index in [0.717, 1.165) is 0 Å². The number of phenolic OH excluding ortho intramolecular Hbond substituents is 1. The molecule has 0 aromatic heterocycles. The number of rotatable bonds is 6. The molecule has 1 aromatic rings. The van der Waals surface area contributed by atoms with Crippen LogP contribution in [0, 0.1) is 0 Å². The zero-order chi connectivity index (χ0) is 22.5. The molecule has 0 spiro atoms. The van der Waals surface area contributed by atoms with Gasteiger partial charge in [0.1, 0.15) is 30.6 Å². The predicted molar refractivity (Wildman–Crippen MR) is 117 cm³/mol. The summed E-state index contributed by atoms with van der Waals surface area (Å²) in [5, 5.41) is 26.6. The number of nitrogens with zero attached hydrogens (tertiary/aromatic N) is 1. The number of allylic oxidation sites excluding steroid dienone is 5. The van der Waals surface area contributed by atoms with Gasteiger partial charge in [0.05, 0.1) is 6.21 Å². The highest BCUT2D eigenvalue weighted by Gasteiger charge is 2.23. The van der Waals surface area contributed by atoms with E-state index in [1.807, 2.05) is 0 Å². The summed E-state index contributed by atoms with van der Waals surface area (Å²) in [7, 11) is 1.39. The Morgan fingerprint density at radius 3 is 2.90 bits per heavy atom. The Kier molecular flexibility index (Phi) is 9.51. The van der Waals surface area contributed by atoms with Gasteiger partial charge in [-0.3, -0.25) is 4.79 Å². The number of carbonyl (C=O) groups excluding carboxylic acids is 2. The summed E-state index contributed by atoms with van der Waals surface area (Å²) in [6.07, 6.45) is 14.8. The maximum Gasteiger partial charge on any atom is 0.343 e.